The van der Waals surface area contributed by atoms with Crippen molar-refractivity contribution in [3.8, 4) is 0 Å². The van der Waals surface area contributed by atoms with Gasteiger partial charge >= 0.3 is 12.0 Å². The Labute approximate surface area is 110 Å². The van der Waals surface area contributed by atoms with Crippen molar-refractivity contribution in [2.24, 2.45) is 5.92 Å². The third-order valence-electron chi connectivity index (χ3n) is 2.59. The Kier molecular flexibility index (Phi) is 9.06. The predicted molar refractivity (Wildman–Crippen MR) is 71.6 cm³/mol. The Morgan fingerprint density at radius 3 is 2.44 bits per heavy atom. The number of rotatable bonds is 9. The fraction of sp³-hybridized carbons (Fsp3) is 0.846. The van der Waals surface area contributed by atoms with E-state index in [-0.39, 0.29) is 12.6 Å². The molecule has 0 spiro atoms. The topological polar surface area (TPSA) is 69.6 Å². The first kappa shape index (κ1) is 16.7. The van der Waals surface area contributed by atoms with Crippen LogP contribution in [0.5, 0.6) is 0 Å². The highest BCUT2D eigenvalue weighted by atomic mass is 16.4. The molecule has 0 aliphatic carbocycles. The lowest BCUT2D eigenvalue weighted by molar-refractivity contribution is -0.137. The van der Waals surface area contributed by atoms with E-state index < -0.39 is 5.97 Å². The molecule has 0 bridgehead atoms. The summed E-state index contributed by atoms with van der Waals surface area (Å²) in [5.41, 5.74) is 0. The van der Waals surface area contributed by atoms with Gasteiger partial charge in [0.05, 0.1) is 0 Å². The van der Waals surface area contributed by atoms with Crippen molar-refractivity contribution in [1.29, 1.82) is 0 Å². The first-order chi connectivity index (χ1) is 8.47. The summed E-state index contributed by atoms with van der Waals surface area (Å²) in [6.07, 6.45) is 3.94. The number of urea groups is 1. The summed E-state index contributed by atoms with van der Waals surface area (Å²) in [7, 11) is 0. The van der Waals surface area contributed by atoms with Crippen molar-refractivity contribution in [2.75, 3.05) is 19.6 Å². The molecule has 0 saturated heterocycles. The van der Waals surface area contributed by atoms with E-state index in [0.29, 0.717) is 19.0 Å². The van der Waals surface area contributed by atoms with Crippen LogP contribution in [0.15, 0.2) is 0 Å². The van der Waals surface area contributed by atoms with Crippen LogP contribution >= 0.6 is 0 Å². The number of carbonyl (C=O) groups is 2. The molecule has 0 fully saturated rings. The van der Waals surface area contributed by atoms with Crippen LogP contribution in [0, 0.1) is 5.92 Å². The molecule has 0 aromatic carbocycles. The molecule has 0 atom stereocenters. The van der Waals surface area contributed by atoms with E-state index in [1.807, 2.05) is 6.92 Å². The van der Waals surface area contributed by atoms with Gasteiger partial charge in [-0.1, -0.05) is 33.6 Å². The van der Waals surface area contributed by atoms with Gasteiger partial charge in [-0.2, -0.15) is 0 Å². The van der Waals surface area contributed by atoms with Crippen molar-refractivity contribution < 1.29 is 14.7 Å². The monoisotopic (exact) mass is 258 g/mol. The molecule has 0 saturated carbocycles. The van der Waals surface area contributed by atoms with Gasteiger partial charge in [0.1, 0.15) is 6.54 Å². The lowest BCUT2D eigenvalue weighted by Crippen LogP contribution is -2.43. The Hall–Kier alpha value is -1.26. The second-order valence-electron chi connectivity index (χ2n) is 4.94. The third kappa shape index (κ3) is 8.84. The number of unbranched alkanes of at least 4 members (excludes halogenated alkanes) is 1. The Morgan fingerprint density at radius 2 is 1.94 bits per heavy atom. The molecule has 0 aliphatic rings. The van der Waals surface area contributed by atoms with E-state index in [2.05, 4.69) is 19.2 Å². The molecule has 0 aromatic heterocycles. The fourth-order valence-corrected chi connectivity index (χ4v) is 1.67. The second-order valence-corrected chi connectivity index (χ2v) is 4.94. The number of nitrogens with zero attached hydrogens (tertiary/aromatic N) is 1. The van der Waals surface area contributed by atoms with Gasteiger partial charge in [0.25, 0.3) is 0 Å². The summed E-state index contributed by atoms with van der Waals surface area (Å²) in [5.74, 6) is -0.289. The summed E-state index contributed by atoms with van der Waals surface area (Å²) < 4.78 is 0. The van der Waals surface area contributed by atoms with E-state index in [1.165, 1.54) is 4.90 Å². The lowest BCUT2D eigenvalue weighted by atomic mass is 10.1. The molecule has 0 rings (SSSR count). The Balaban J connectivity index is 3.84. The van der Waals surface area contributed by atoms with Gasteiger partial charge in [0, 0.05) is 13.1 Å². The maximum Gasteiger partial charge on any atom is 0.323 e. The Bertz CT molecular complexity index is 255. The van der Waals surface area contributed by atoms with Gasteiger partial charge < -0.3 is 15.3 Å². The van der Waals surface area contributed by atoms with Crippen molar-refractivity contribution in [3.63, 3.8) is 0 Å². The number of hydrogen-bond donors (Lipinski definition) is 2. The van der Waals surface area contributed by atoms with E-state index in [0.717, 1.165) is 25.7 Å². The third-order valence-corrected chi connectivity index (χ3v) is 2.59. The number of carboxylic acids is 1. The van der Waals surface area contributed by atoms with Crippen LogP contribution in [0.1, 0.15) is 46.5 Å². The van der Waals surface area contributed by atoms with Crippen LogP contribution in [0.4, 0.5) is 4.79 Å². The van der Waals surface area contributed by atoms with Crippen LogP contribution < -0.4 is 5.32 Å². The molecule has 0 radical (unpaired) electrons. The SMILES string of the molecule is CCCN(CC(=O)O)C(=O)NCCCCC(C)C. The number of carboxylic acid groups (broad SMARTS) is 1. The summed E-state index contributed by atoms with van der Waals surface area (Å²) in [5, 5.41) is 11.5. The van der Waals surface area contributed by atoms with Crippen LogP contribution in [0.3, 0.4) is 0 Å². The summed E-state index contributed by atoms with van der Waals surface area (Å²) in [4.78, 5) is 23.7. The minimum absolute atomic E-state index is 0.230. The normalized spacial score (nSPS) is 10.4. The standard InChI is InChI=1S/C13H26N2O3/c1-4-9-15(10-12(16)17)13(18)14-8-6-5-7-11(2)3/h11H,4-10H2,1-3H3,(H,14,18)(H,16,17). The van der Waals surface area contributed by atoms with Crippen molar-refractivity contribution >= 4 is 12.0 Å². The highest BCUT2D eigenvalue weighted by Gasteiger charge is 2.14. The zero-order valence-corrected chi connectivity index (χ0v) is 11.7. The van der Waals surface area contributed by atoms with Gasteiger partial charge in [0.2, 0.25) is 0 Å². The minimum Gasteiger partial charge on any atom is -0.480 e. The Morgan fingerprint density at radius 1 is 1.28 bits per heavy atom. The maximum atomic E-state index is 11.7. The van der Waals surface area contributed by atoms with Crippen LogP contribution in [0.25, 0.3) is 0 Å². The number of hydrogen-bond acceptors (Lipinski definition) is 2. The zero-order chi connectivity index (χ0) is 14.0. The molecule has 0 aromatic rings. The molecule has 2 amide bonds. The zero-order valence-electron chi connectivity index (χ0n) is 11.7. The van der Waals surface area contributed by atoms with Gasteiger partial charge in [-0.05, 0) is 18.8 Å². The lowest BCUT2D eigenvalue weighted by Gasteiger charge is -2.20. The largest absolute Gasteiger partial charge is 0.480 e. The number of carbonyl (C=O) groups excluding carboxylic acids is 1. The van der Waals surface area contributed by atoms with E-state index in [9.17, 15) is 9.59 Å². The molecule has 0 unspecified atom stereocenters. The summed E-state index contributed by atoms with van der Waals surface area (Å²) >= 11 is 0. The second kappa shape index (κ2) is 9.74. The van der Waals surface area contributed by atoms with Gasteiger partial charge in [0.15, 0.2) is 0 Å². The average molecular weight is 258 g/mol. The molecular formula is C13H26N2O3. The quantitative estimate of drug-likeness (QED) is 0.623. The maximum absolute atomic E-state index is 11.7. The molecule has 5 heteroatoms. The molecule has 2 N–H and O–H groups in total. The molecule has 0 heterocycles. The highest BCUT2D eigenvalue weighted by Crippen LogP contribution is 2.05. The van der Waals surface area contributed by atoms with Crippen LogP contribution in [0.2, 0.25) is 0 Å². The molecule has 106 valence electrons. The number of nitrogens with one attached hydrogen (secondary N) is 1. The smallest absolute Gasteiger partial charge is 0.323 e. The van der Waals surface area contributed by atoms with Crippen LogP contribution in [-0.2, 0) is 4.79 Å². The first-order valence-corrected chi connectivity index (χ1v) is 6.72. The van der Waals surface area contributed by atoms with Crippen molar-refractivity contribution in [1.82, 2.24) is 10.2 Å². The van der Waals surface area contributed by atoms with E-state index in [4.69, 9.17) is 5.11 Å². The number of amides is 2. The van der Waals surface area contributed by atoms with Gasteiger partial charge in [-0.15, -0.1) is 0 Å². The minimum atomic E-state index is -0.974. The molecule has 5 nitrogen and oxygen atoms in total. The van der Waals surface area contributed by atoms with Gasteiger partial charge in [-0.25, -0.2) is 4.79 Å². The molecule has 0 aliphatic heterocycles. The summed E-state index contributed by atoms with van der Waals surface area (Å²) in [6, 6.07) is -0.274. The van der Waals surface area contributed by atoms with E-state index in [1.54, 1.807) is 0 Å². The molecule has 18 heavy (non-hydrogen) atoms. The van der Waals surface area contributed by atoms with Crippen molar-refractivity contribution in [3.05, 3.63) is 0 Å². The van der Waals surface area contributed by atoms with E-state index >= 15 is 0 Å². The van der Waals surface area contributed by atoms with Crippen molar-refractivity contribution in [2.45, 2.75) is 46.5 Å². The predicted octanol–water partition coefficient (Wildman–Crippen LogP) is 2.32. The fourth-order valence-electron chi connectivity index (χ4n) is 1.67. The summed E-state index contributed by atoms with van der Waals surface area (Å²) in [6.45, 7) is 7.13. The van der Waals surface area contributed by atoms with Gasteiger partial charge in [-0.3, -0.25) is 4.79 Å². The highest BCUT2D eigenvalue weighted by molar-refractivity contribution is 5.79. The van der Waals surface area contributed by atoms with Crippen LogP contribution in [-0.4, -0.2) is 41.6 Å². The molecular weight excluding hydrogens is 232 g/mol. The average Bonchev–Trinajstić information content (AvgIpc) is 2.26. The first-order valence-electron chi connectivity index (χ1n) is 6.72. The number of aliphatic carboxylic acids is 1.